The first kappa shape index (κ1) is 13.2. The first-order chi connectivity index (χ1) is 9.10. The van der Waals surface area contributed by atoms with Crippen molar-refractivity contribution in [1.82, 2.24) is 4.98 Å². The maximum Gasteiger partial charge on any atom is 0.165 e. The number of aromatic nitrogens is 1. The highest BCUT2D eigenvalue weighted by atomic mass is 32.1. The Hall–Kier alpha value is -2.21. The third kappa shape index (κ3) is 3.17. The summed E-state index contributed by atoms with van der Waals surface area (Å²) in [5.74, 6) is -0.236. The molecule has 19 heavy (non-hydrogen) atoms. The van der Waals surface area contributed by atoms with E-state index < -0.39 is 5.82 Å². The van der Waals surface area contributed by atoms with Crippen molar-refractivity contribution in [3.63, 3.8) is 0 Å². The molecule has 0 fully saturated rings. The monoisotopic (exact) mass is 277 g/mol. The van der Waals surface area contributed by atoms with Crippen LogP contribution >= 0.6 is 12.2 Å². The molecule has 1 heterocycles. The molecule has 1 aromatic heterocycles. The van der Waals surface area contributed by atoms with Gasteiger partial charge in [-0.2, -0.15) is 0 Å². The number of benzene rings is 1. The molecule has 0 aliphatic rings. The Morgan fingerprint density at radius 2 is 2.05 bits per heavy atom. The standard InChI is InChI=1S/C13H12FN3OS/c1-18-12-7-8(2-3-10(12)14)17-9-4-5-16-11(6-9)13(15)19/h2-7H,1H3,(H2,15,19)(H,16,17). The maximum absolute atomic E-state index is 13.3. The molecule has 3 N–H and O–H groups in total. The van der Waals surface area contributed by atoms with Crippen LogP contribution in [0.25, 0.3) is 0 Å². The Morgan fingerprint density at radius 1 is 1.32 bits per heavy atom. The molecule has 0 saturated heterocycles. The average Bonchev–Trinajstić information content (AvgIpc) is 2.41. The number of hydrogen-bond donors (Lipinski definition) is 2. The summed E-state index contributed by atoms with van der Waals surface area (Å²) in [5.41, 5.74) is 7.48. The van der Waals surface area contributed by atoms with Gasteiger partial charge in [-0.3, -0.25) is 4.98 Å². The smallest absolute Gasteiger partial charge is 0.165 e. The van der Waals surface area contributed by atoms with Crippen LogP contribution in [0, 0.1) is 5.82 Å². The van der Waals surface area contributed by atoms with E-state index in [2.05, 4.69) is 10.3 Å². The number of nitrogens with one attached hydrogen (secondary N) is 1. The fraction of sp³-hybridized carbons (Fsp3) is 0.0769. The van der Waals surface area contributed by atoms with Crippen LogP contribution in [0.2, 0.25) is 0 Å². The minimum atomic E-state index is -0.411. The number of ether oxygens (including phenoxy) is 1. The van der Waals surface area contributed by atoms with Crippen molar-refractivity contribution in [1.29, 1.82) is 0 Å². The van der Waals surface area contributed by atoms with E-state index in [9.17, 15) is 4.39 Å². The van der Waals surface area contributed by atoms with Gasteiger partial charge in [-0.05, 0) is 24.3 Å². The largest absolute Gasteiger partial charge is 0.494 e. The third-order valence-corrected chi connectivity index (χ3v) is 2.66. The molecule has 0 atom stereocenters. The van der Waals surface area contributed by atoms with Gasteiger partial charge in [0.2, 0.25) is 0 Å². The number of halogens is 1. The first-order valence-electron chi connectivity index (χ1n) is 5.46. The highest BCUT2D eigenvalue weighted by Gasteiger charge is 2.05. The summed E-state index contributed by atoms with van der Waals surface area (Å²) in [6, 6.07) is 7.99. The molecule has 0 unspecified atom stereocenters. The Bertz CT molecular complexity index is 619. The van der Waals surface area contributed by atoms with E-state index in [1.54, 1.807) is 30.5 Å². The lowest BCUT2D eigenvalue weighted by Gasteiger charge is -2.09. The van der Waals surface area contributed by atoms with Crippen molar-refractivity contribution < 1.29 is 9.13 Å². The minimum Gasteiger partial charge on any atom is -0.494 e. The number of pyridine rings is 1. The van der Waals surface area contributed by atoms with Gasteiger partial charge in [-0.15, -0.1) is 0 Å². The lowest BCUT2D eigenvalue weighted by molar-refractivity contribution is 0.387. The fourth-order valence-electron chi connectivity index (χ4n) is 1.55. The van der Waals surface area contributed by atoms with Crippen molar-refractivity contribution in [3.8, 4) is 5.75 Å². The van der Waals surface area contributed by atoms with Crippen molar-refractivity contribution in [2.24, 2.45) is 5.73 Å². The molecule has 0 spiro atoms. The van der Waals surface area contributed by atoms with E-state index in [1.165, 1.54) is 13.2 Å². The topological polar surface area (TPSA) is 60.2 Å². The average molecular weight is 277 g/mol. The molecule has 98 valence electrons. The molecular formula is C13H12FN3OS. The van der Waals surface area contributed by atoms with E-state index in [4.69, 9.17) is 22.7 Å². The van der Waals surface area contributed by atoms with Crippen LogP contribution < -0.4 is 15.8 Å². The van der Waals surface area contributed by atoms with Crippen LogP contribution in [-0.2, 0) is 0 Å². The maximum atomic E-state index is 13.3. The van der Waals surface area contributed by atoms with Gasteiger partial charge in [0.15, 0.2) is 11.6 Å². The summed E-state index contributed by atoms with van der Waals surface area (Å²) < 4.78 is 18.2. The Morgan fingerprint density at radius 3 is 2.74 bits per heavy atom. The molecule has 0 aliphatic heterocycles. The van der Waals surface area contributed by atoms with E-state index in [0.29, 0.717) is 11.4 Å². The van der Waals surface area contributed by atoms with Gasteiger partial charge in [0.25, 0.3) is 0 Å². The van der Waals surface area contributed by atoms with Crippen molar-refractivity contribution in [2.75, 3.05) is 12.4 Å². The Labute approximate surface area is 115 Å². The van der Waals surface area contributed by atoms with Crippen LogP contribution in [-0.4, -0.2) is 17.1 Å². The van der Waals surface area contributed by atoms with Crippen molar-refractivity contribution >= 4 is 28.6 Å². The van der Waals surface area contributed by atoms with Crippen LogP contribution in [0.5, 0.6) is 5.75 Å². The second-order valence-electron chi connectivity index (χ2n) is 3.77. The number of nitrogens with zero attached hydrogens (tertiary/aromatic N) is 1. The number of hydrogen-bond acceptors (Lipinski definition) is 4. The Balaban J connectivity index is 2.26. The van der Waals surface area contributed by atoms with Gasteiger partial charge < -0.3 is 15.8 Å². The zero-order chi connectivity index (χ0) is 13.8. The second kappa shape index (κ2) is 5.62. The molecule has 0 radical (unpaired) electrons. The molecule has 0 bridgehead atoms. The summed E-state index contributed by atoms with van der Waals surface area (Å²) in [5, 5.41) is 3.10. The molecule has 2 aromatic rings. The lowest BCUT2D eigenvalue weighted by atomic mass is 10.2. The molecule has 2 rings (SSSR count). The van der Waals surface area contributed by atoms with Gasteiger partial charge in [-0.25, -0.2) is 4.39 Å². The van der Waals surface area contributed by atoms with Gasteiger partial charge in [0.1, 0.15) is 4.99 Å². The molecular weight excluding hydrogens is 265 g/mol. The van der Waals surface area contributed by atoms with E-state index in [0.717, 1.165) is 5.69 Å². The summed E-state index contributed by atoms with van der Waals surface area (Å²) >= 11 is 4.86. The zero-order valence-corrected chi connectivity index (χ0v) is 11.0. The third-order valence-electron chi connectivity index (χ3n) is 2.45. The second-order valence-corrected chi connectivity index (χ2v) is 4.21. The zero-order valence-electron chi connectivity index (χ0n) is 10.2. The number of nitrogens with two attached hydrogens (primary N) is 1. The predicted octanol–water partition coefficient (Wildman–Crippen LogP) is 2.61. The fourth-order valence-corrected chi connectivity index (χ4v) is 1.66. The van der Waals surface area contributed by atoms with E-state index in [1.807, 2.05) is 0 Å². The quantitative estimate of drug-likeness (QED) is 0.841. The summed E-state index contributed by atoms with van der Waals surface area (Å²) in [7, 11) is 1.42. The van der Waals surface area contributed by atoms with Crippen molar-refractivity contribution in [2.45, 2.75) is 0 Å². The van der Waals surface area contributed by atoms with Crippen LogP contribution in [0.4, 0.5) is 15.8 Å². The summed E-state index contributed by atoms with van der Waals surface area (Å²) in [6.45, 7) is 0. The molecule has 0 amide bonds. The van der Waals surface area contributed by atoms with Gasteiger partial charge in [0, 0.05) is 23.6 Å². The number of methoxy groups -OCH3 is 1. The summed E-state index contributed by atoms with van der Waals surface area (Å²) in [4.78, 5) is 4.26. The highest BCUT2D eigenvalue weighted by molar-refractivity contribution is 7.80. The number of anilines is 2. The first-order valence-corrected chi connectivity index (χ1v) is 5.87. The highest BCUT2D eigenvalue weighted by Crippen LogP contribution is 2.24. The summed E-state index contributed by atoms with van der Waals surface area (Å²) in [6.07, 6.45) is 1.59. The number of rotatable bonds is 4. The molecule has 4 nitrogen and oxygen atoms in total. The van der Waals surface area contributed by atoms with Crippen LogP contribution in [0.3, 0.4) is 0 Å². The molecule has 0 saturated carbocycles. The van der Waals surface area contributed by atoms with E-state index in [-0.39, 0.29) is 10.7 Å². The van der Waals surface area contributed by atoms with Crippen LogP contribution in [0.1, 0.15) is 5.69 Å². The Kier molecular flexibility index (Phi) is 3.91. The van der Waals surface area contributed by atoms with Gasteiger partial charge in [-0.1, -0.05) is 12.2 Å². The van der Waals surface area contributed by atoms with Gasteiger partial charge in [0.05, 0.1) is 12.8 Å². The SMILES string of the molecule is COc1cc(Nc2ccnc(C(N)=S)c2)ccc1F. The number of thiocarbonyl (C=S) groups is 1. The normalized spacial score (nSPS) is 10.0. The van der Waals surface area contributed by atoms with E-state index >= 15 is 0 Å². The molecule has 1 aromatic carbocycles. The predicted molar refractivity (Wildman–Crippen MR) is 76.4 cm³/mol. The minimum absolute atomic E-state index is 0.175. The lowest BCUT2D eigenvalue weighted by Crippen LogP contribution is -2.11. The van der Waals surface area contributed by atoms with Gasteiger partial charge >= 0.3 is 0 Å². The van der Waals surface area contributed by atoms with Crippen LogP contribution in [0.15, 0.2) is 36.5 Å². The molecule has 0 aliphatic carbocycles. The molecule has 6 heteroatoms. The van der Waals surface area contributed by atoms with Crippen molar-refractivity contribution in [3.05, 3.63) is 48.0 Å².